The number of nitrogens with two attached hydrogens (primary N) is 1. The smallest absolute Gasteiger partial charge is 0.166 e. The number of rotatable bonds is 3. The van der Waals surface area contributed by atoms with Gasteiger partial charge >= 0.3 is 0 Å². The van der Waals surface area contributed by atoms with Crippen LogP contribution >= 0.6 is 0 Å². The zero-order valence-electron chi connectivity index (χ0n) is 9.04. The summed E-state index contributed by atoms with van der Waals surface area (Å²) in [6.45, 7) is 2.42. The lowest BCUT2D eigenvalue weighted by Gasteiger charge is -2.02. The lowest BCUT2D eigenvalue weighted by molar-refractivity contribution is 0.474. The van der Waals surface area contributed by atoms with Gasteiger partial charge in [-0.2, -0.15) is 5.10 Å². The predicted molar refractivity (Wildman–Crippen MR) is 59.8 cm³/mol. The highest BCUT2D eigenvalue weighted by atomic mass is 16.3. The van der Waals surface area contributed by atoms with Crippen molar-refractivity contribution in [1.82, 2.24) is 14.8 Å². The molecule has 0 amide bonds. The normalized spacial score (nSPS) is 12.6. The molecule has 5 heteroatoms. The summed E-state index contributed by atoms with van der Waals surface area (Å²) in [7, 11) is 0. The van der Waals surface area contributed by atoms with Crippen LogP contribution in [0.4, 0.5) is 0 Å². The molecule has 0 aliphatic heterocycles. The van der Waals surface area contributed by atoms with E-state index in [-0.39, 0.29) is 11.8 Å². The second-order valence-corrected chi connectivity index (χ2v) is 3.76. The van der Waals surface area contributed by atoms with Crippen LogP contribution in [0.1, 0.15) is 24.4 Å². The first-order valence-corrected chi connectivity index (χ1v) is 5.08. The third-order valence-electron chi connectivity index (χ3n) is 2.22. The summed E-state index contributed by atoms with van der Waals surface area (Å²) >= 11 is 0. The fourth-order valence-corrected chi connectivity index (χ4v) is 1.44. The lowest BCUT2D eigenvalue weighted by Crippen LogP contribution is -2.08. The highest BCUT2D eigenvalue weighted by Crippen LogP contribution is 2.12. The van der Waals surface area contributed by atoms with E-state index in [1.807, 2.05) is 13.0 Å². The Morgan fingerprint density at radius 1 is 1.50 bits per heavy atom. The minimum absolute atomic E-state index is 0.162. The molecule has 5 nitrogen and oxygen atoms in total. The molecular weight excluding hydrogens is 204 g/mol. The number of aromatic hydroxyl groups is 1. The molecular formula is C11H14N4O. The molecule has 0 radical (unpaired) electrons. The molecule has 0 saturated carbocycles. The zero-order chi connectivity index (χ0) is 11.5. The summed E-state index contributed by atoms with van der Waals surface area (Å²) in [6.07, 6.45) is 1.64. The SMILES string of the molecule is CC(N)c1ncn(Cc2cccc(O)c2)n1. The number of aromatic nitrogens is 3. The third-order valence-corrected chi connectivity index (χ3v) is 2.22. The molecule has 0 aliphatic carbocycles. The van der Waals surface area contributed by atoms with Gasteiger partial charge in [-0.1, -0.05) is 12.1 Å². The largest absolute Gasteiger partial charge is 0.508 e. The van der Waals surface area contributed by atoms with Gasteiger partial charge in [0.1, 0.15) is 12.1 Å². The molecule has 84 valence electrons. The molecule has 0 saturated heterocycles. The fraction of sp³-hybridized carbons (Fsp3) is 0.273. The summed E-state index contributed by atoms with van der Waals surface area (Å²) < 4.78 is 1.70. The molecule has 3 N–H and O–H groups in total. The van der Waals surface area contributed by atoms with Crippen molar-refractivity contribution in [1.29, 1.82) is 0 Å². The van der Waals surface area contributed by atoms with E-state index >= 15 is 0 Å². The van der Waals surface area contributed by atoms with Crippen molar-refractivity contribution in [2.45, 2.75) is 19.5 Å². The summed E-state index contributed by atoms with van der Waals surface area (Å²) in [5, 5.41) is 13.6. The van der Waals surface area contributed by atoms with Crippen molar-refractivity contribution in [2.24, 2.45) is 5.73 Å². The topological polar surface area (TPSA) is 77.0 Å². The first-order chi connectivity index (χ1) is 7.65. The molecule has 1 aromatic heterocycles. The van der Waals surface area contributed by atoms with Crippen LogP contribution in [0.15, 0.2) is 30.6 Å². The molecule has 0 bridgehead atoms. The minimum Gasteiger partial charge on any atom is -0.508 e. The van der Waals surface area contributed by atoms with Crippen LogP contribution in [0.25, 0.3) is 0 Å². The molecule has 0 aliphatic rings. The van der Waals surface area contributed by atoms with Gasteiger partial charge in [-0.15, -0.1) is 0 Å². The molecule has 1 unspecified atom stereocenters. The Bertz CT molecular complexity index is 478. The second kappa shape index (κ2) is 4.32. The molecule has 1 heterocycles. The van der Waals surface area contributed by atoms with Gasteiger partial charge in [0.2, 0.25) is 0 Å². The van der Waals surface area contributed by atoms with E-state index in [0.717, 1.165) is 5.56 Å². The summed E-state index contributed by atoms with van der Waals surface area (Å²) in [5.41, 5.74) is 6.64. The highest BCUT2D eigenvalue weighted by Gasteiger charge is 2.05. The molecule has 1 atom stereocenters. The van der Waals surface area contributed by atoms with Crippen molar-refractivity contribution >= 4 is 0 Å². The fourth-order valence-electron chi connectivity index (χ4n) is 1.44. The Morgan fingerprint density at radius 3 is 2.94 bits per heavy atom. The van der Waals surface area contributed by atoms with Gasteiger partial charge in [0, 0.05) is 0 Å². The van der Waals surface area contributed by atoms with Crippen LogP contribution in [0.5, 0.6) is 5.75 Å². The number of hydrogen-bond acceptors (Lipinski definition) is 4. The molecule has 16 heavy (non-hydrogen) atoms. The standard InChI is InChI=1S/C11H14N4O/c1-8(12)11-13-7-15(14-11)6-9-3-2-4-10(16)5-9/h2-5,7-8,16H,6,12H2,1H3. The van der Waals surface area contributed by atoms with Gasteiger partial charge in [0.15, 0.2) is 5.82 Å². The number of nitrogens with zero attached hydrogens (tertiary/aromatic N) is 3. The van der Waals surface area contributed by atoms with Crippen LogP contribution in [0.3, 0.4) is 0 Å². The highest BCUT2D eigenvalue weighted by molar-refractivity contribution is 5.27. The molecule has 1 aromatic carbocycles. The number of benzene rings is 1. The Hall–Kier alpha value is -1.88. The molecule has 0 spiro atoms. The summed E-state index contributed by atoms with van der Waals surface area (Å²) in [6, 6.07) is 6.90. The van der Waals surface area contributed by atoms with E-state index < -0.39 is 0 Å². The monoisotopic (exact) mass is 218 g/mol. The Balaban J connectivity index is 2.14. The van der Waals surface area contributed by atoms with Crippen molar-refractivity contribution in [3.63, 3.8) is 0 Å². The van der Waals surface area contributed by atoms with Gasteiger partial charge in [-0.25, -0.2) is 9.67 Å². The van der Waals surface area contributed by atoms with E-state index in [9.17, 15) is 5.11 Å². The van der Waals surface area contributed by atoms with E-state index in [4.69, 9.17) is 5.73 Å². The maximum absolute atomic E-state index is 9.32. The Morgan fingerprint density at radius 2 is 2.31 bits per heavy atom. The van der Waals surface area contributed by atoms with Crippen LogP contribution in [-0.2, 0) is 6.54 Å². The maximum Gasteiger partial charge on any atom is 0.166 e. The van der Waals surface area contributed by atoms with Gasteiger partial charge < -0.3 is 10.8 Å². The van der Waals surface area contributed by atoms with Crippen LogP contribution in [0, 0.1) is 0 Å². The van der Waals surface area contributed by atoms with Gasteiger partial charge in [-0.3, -0.25) is 0 Å². The van der Waals surface area contributed by atoms with E-state index in [2.05, 4.69) is 10.1 Å². The van der Waals surface area contributed by atoms with Crippen LogP contribution in [-0.4, -0.2) is 19.9 Å². The molecule has 2 aromatic rings. The maximum atomic E-state index is 9.32. The number of phenols is 1. The van der Waals surface area contributed by atoms with Crippen molar-refractivity contribution < 1.29 is 5.11 Å². The Labute approximate surface area is 93.5 Å². The average Bonchev–Trinajstić information content (AvgIpc) is 2.66. The average molecular weight is 218 g/mol. The summed E-state index contributed by atoms with van der Waals surface area (Å²) in [5.74, 6) is 0.880. The Kier molecular flexibility index (Phi) is 2.87. The zero-order valence-corrected chi connectivity index (χ0v) is 9.04. The second-order valence-electron chi connectivity index (χ2n) is 3.76. The van der Waals surface area contributed by atoms with Crippen molar-refractivity contribution in [3.05, 3.63) is 42.0 Å². The van der Waals surface area contributed by atoms with E-state index in [0.29, 0.717) is 12.4 Å². The van der Waals surface area contributed by atoms with Crippen molar-refractivity contribution in [3.8, 4) is 5.75 Å². The predicted octanol–water partition coefficient (Wildman–Crippen LogP) is 1.05. The van der Waals surface area contributed by atoms with Crippen LogP contribution in [0.2, 0.25) is 0 Å². The first-order valence-electron chi connectivity index (χ1n) is 5.08. The minimum atomic E-state index is -0.162. The van der Waals surface area contributed by atoms with Gasteiger partial charge in [0.05, 0.1) is 12.6 Å². The van der Waals surface area contributed by atoms with Crippen molar-refractivity contribution in [2.75, 3.05) is 0 Å². The number of hydrogen-bond donors (Lipinski definition) is 2. The first kappa shape index (κ1) is 10.6. The number of phenolic OH excluding ortho intramolecular Hbond substituents is 1. The van der Waals surface area contributed by atoms with Gasteiger partial charge in [0.25, 0.3) is 0 Å². The quantitative estimate of drug-likeness (QED) is 0.807. The summed E-state index contributed by atoms with van der Waals surface area (Å²) in [4.78, 5) is 4.10. The van der Waals surface area contributed by atoms with Crippen LogP contribution < -0.4 is 5.73 Å². The van der Waals surface area contributed by atoms with E-state index in [1.54, 1.807) is 29.2 Å². The lowest BCUT2D eigenvalue weighted by atomic mass is 10.2. The van der Waals surface area contributed by atoms with E-state index in [1.165, 1.54) is 0 Å². The molecule has 2 rings (SSSR count). The molecule has 0 fully saturated rings. The third kappa shape index (κ3) is 2.38. The van der Waals surface area contributed by atoms with Gasteiger partial charge in [-0.05, 0) is 24.6 Å².